The van der Waals surface area contributed by atoms with E-state index in [4.69, 9.17) is 30.8 Å². The summed E-state index contributed by atoms with van der Waals surface area (Å²) >= 11 is 1.21. The van der Waals surface area contributed by atoms with E-state index in [9.17, 15) is 13.9 Å². The number of hydrogen-bond donors (Lipinski definition) is 2. The predicted molar refractivity (Wildman–Crippen MR) is 164 cm³/mol. The molecule has 4 aromatic rings. The van der Waals surface area contributed by atoms with E-state index in [0.29, 0.717) is 58.5 Å². The van der Waals surface area contributed by atoms with Crippen molar-refractivity contribution in [3.63, 3.8) is 0 Å². The number of terminal acetylenes is 1. The normalized spacial score (nSPS) is 26.7. The fourth-order valence-electron chi connectivity index (χ4n) is 7.56. The minimum atomic E-state index is -0.851. The third kappa shape index (κ3) is 4.78. The van der Waals surface area contributed by atoms with Crippen molar-refractivity contribution in [3.8, 4) is 35.0 Å². The standard InChI is InChI=1S/C32H32F2N6O3S/c1-2-23-24(34)7-5-19-10-22(41)11-25(26(19)23)43-31-36-27-28(39-14-18-4-6-21(16-39)35-13-18)37-30(38-29(27)44-31)42-17-32-8-3-9-40(32)15-20(33)12-32/h1,5,7,10-11,18,20-21,35,41H,3-4,6,8-9,12-17H2/t18?,20-,21?,32+/m1/s1. The largest absolute Gasteiger partial charge is 0.508 e. The smallest absolute Gasteiger partial charge is 0.319 e. The van der Waals surface area contributed by atoms with E-state index in [1.165, 1.54) is 29.5 Å². The van der Waals surface area contributed by atoms with Crippen LogP contribution in [0.15, 0.2) is 24.3 Å². The Morgan fingerprint density at radius 1 is 1.18 bits per heavy atom. The zero-order valence-corrected chi connectivity index (χ0v) is 24.9. The minimum absolute atomic E-state index is 0.0464. The Morgan fingerprint density at radius 2 is 2.09 bits per heavy atom. The average molecular weight is 619 g/mol. The molecule has 9 nitrogen and oxygen atoms in total. The first-order valence-corrected chi connectivity index (χ1v) is 16.0. The van der Waals surface area contributed by atoms with E-state index >= 15 is 0 Å². The zero-order valence-electron chi connectivity index (χ0n) is 24.1. The van der Waals surface area contributed by atoms with Crippen molar-refractivity contribution in [2.75, 3.05) is 44.2 Å². The molecule has 0 radical (unpaired) electrons. The number of alkyl halides is 1. The first kappa shape index (κ1) is 27.7. The van der Waals surface area contributed by atoms with Crippen LogP contribution in [0.1, 0.15) is 37.7 Å². The molecule has 2 N–H and O–H groups in total. The predicted octanol–water partition coefficient (Wildman–Crippen LogP) is 5.00. The lowest BCUT2D eigenvalue weighted by Crippen LogP contribution is -2.43. The number of phenols is 1. The van der Waals surface area contributed by atoms with E-state index in [1.54, 1.807) is 6.07 Å². The number of thiazole rings is 1. The number of nitrogens with one attached hydrogen (secondary N) is 1. The number of fused-ring (bicyclic) bond motifs is 7. The molecule has 44 heavy (non-hydrogen) atoms. The molecule has 7 heterocycles. The minimum Gasteiger partial charge on any atom is -0.508 e. The van der Waals surface area contributed by atoms with Crippen molar-refractivity contribution in [1.82, 2.24) is 25.2 Å². The van der Waals surface area contributed by atoms with Crippen molar-refractivity contribution in [2.45, 2.75) is 49.9 Å². The van der Waals surface area contributed by atoms with Crippen LogP contribution in [0.5, 0.6) is 22.7 Å². The fraction of sp³-hybridized carbons (Fsp3) is 0.469. The van der Waals surface area contributed by atoms with Gasteiger partial charge >= 0.3 is 6.01 Å². The van der Waals surface area contributed by atoms with Gasteiger partial charge in [0.15, 0.2) is 10.6 Å². The Labute approximate surface area is 257 Å². The lowest BCUT2D eigenvalue weighted by atomic mass is 9.95. The van der Waals surface area contributed by atoms with Gasteiger partial charge < -0.3 is 24.8 Å². The molecule has 2 bridgehead atoms. The van der Waals surface area contributed by atoms with Gasteiger partial charge in [0.2, 0.25) is 0 Å². The number of halogens is 2. The maximum absolute atomic E-state index is 14.7. The number of rotatable bonds is 6. The summed E-state index contributed by atoms with van der Waals surface area (Å²) < 4.78 is 41.6. The van der Waals surface area contributed by atoms with Gasteiger partial charge in [-0.3, -0.25) is 4.90 Å². The number of aromatic hydroxyl groups is 1. The summed E-state index contributed by atoms with van der Waals surface area (Å²) in [6.45, 7) is 4.21. The van der Waals surface area contributed by atoms with Gasteiger partial charge in [-0.1, -0.05) is 23.3 Å². The molecule has 228 valence electrons. The van der Waals surface area contributed by atoms with Crippen molar-refractivity contribution in [2.24, 2.45) is 5.92 Å². The van der Waals surface area contributed by atoms with Crippen LogP contribution in [0.3, 0.4) is 0 Å². The Bertz CT molecular complexity index is 1790. The maximum Gasteiger partial charge on any atom is 0.319 e. The van der Waals surface area contributed by atoms with Gasteiger partial charge in [-0.05, 0) is 62.2 Å². The van der Waals surface area contributed by atoms with Crippen LogP contribution in [-0.2, 0) is 0 Å². The third-order valence-corrected chi connectivity index (χ3v) is 10.5. The second kappa shape index (κ2) is 10.7. The summed E-state index contributed by atoms with van der Waals surface area (Å²) in [7, 11) is 0. The van der Waals surface area contributed by atoms with Crippen LogP contribution in [0.25, 0.3) is 21.1 Å². The van der Waals surface area contributed by atoms with Crippen molar-refractivity contribution >= 4 is 38.3 Å². The van der Waals surface area contributed by atoms with Gasteiger partial charge in [0, 0.05) is 43.5 Å². The Hall–Kier alpha value is -3.79. The second-order valence-electron chi connectivity index (χ2n) is 12.5. The molecular weight excluding hydrogens is 586 g/mol. The third-order valence-electron chi connectivity index (χ3n) is 9.63. The second-order valence-corrected chi connectivity index (χ2v) is 13.4. The Balaban J connectivity index is 1.18. The number of phenolic OH excluding ortho intramolecular Hbond substituents is 1. The number of benzene rings is 2. The molecule has 0 amide bonds. The van der Waals surface area contributed by atoms with E-state index in [-0.39, 0.29) is 33.8 Å². The maximum atomic E-state index is 14.7. The quantitative estimate of drug-likeness (QED) is 0.290. The molecule has 0 aliphatic carbocycles. The molecule has 4 atom stereocenters. The van der Waals surface area contributed by atoms with Crippen LogP contribution in [0, 0.1) is 24.1 Å². The van der Waals surface area contributed by atoms with E-state index in [0.717, 1.165) is 51.9 Å². The molecule has 5 saturated heterocycles. The number of nitrogens with zero attached hydrogens (tertiary/aromatic N) is 5. The highest BCUT2D eigenvalue weighted by Crippen LogP contribution is 2.43. The molecule has 0 spiro atoms. The number of anilines is 1. The summed E-state index contributed by atoms with van der Waals surface area (Å²) in [6, 6.07) is 6.31. The highest BCUT2D eigenvalue weighted by molar-refractivity contribution is 7.19. The van der Waals surface area contributed by atoms with E-state index < -0.39 is 12.0 Å². The van der Waals surface area contributed by atoms with E-state index in [2.05, 4.69) is 21.0 Å². The van der Waals surface area contributed by atoms with Gasteiger partial charge in [-0.25, -0.2) is 8.78 Å². The van der Waals surface area contributed by atoms with Crippen LogP contribution in [-0.4, -0.2) is 82.0 Å². The fourth-order valence-corrected chi connectivity index (χ4v) is 8.35. The molecule has 5 fully saturated rings. The molecule has 5 aliphatic rings. The molecular formula is C32H32F2N6O3S. The Morgan fingerprint density at radius 3 is 2.93 bits per heavy atom. The van der Waals surface area contributed by atoms with Crippen molar-refractivity contribution in [1.29, 1.82) is 0 Å². The van der Waals surface area contributed by atoms with Crippen molar-refractivity contribution < 1.29 is 23.4 Å². The monoisotopic (exact) mass is 618 g/mol. The van der Waals surface area contributed by atoms with Crippen LogP contribution >= 0.6 is 11.3 Å². The summed E-state index contributed by atoms with van der Waals surface area (Å²) in [5.41, 5.74) is 0.299. The summed E-state index contributed by atoms with van der Waals surface area (Å²) in [4.78, 5) is 19.5. The van der Waals surface area contributed by atoms with Crippen LogP contribution in [0.2, 0.25) is 0 Å². The summed E-state index contributed by atoms with van der Waals surface area (Å²) in [5, 5.41) is 15.2. The molecule has 2 unspecified atom stereocenters. The van der Waals surface area contributed by atoms with Gasteiger partial charge in [0.05, 0.1) is 11.1 Å². The molecule has 5 aliphatic heterocycles. The van der Waals surface area contributed by atoms with E-state index in [1.807, 2.05) is 0 Å². The SMILES string of the molecule is C#Cc1c(F)ccc2cc(O)cc(Oc3nc4c(N5CC6CCC(C5)NC6)nc(OC[C@@]56CCCN5C[C@H](F)C6)nc4s3)c12. The van der Waals surface area contributed by atoms with Crippen LogP contribution < -0.4 is 19.7 Å². The lowest BCUT2D eigenvalue weighted by Gasteiger charge is -2.31. The molecule has 2 aromatic carbocycles. The molecule has 12 heteroatoms. The van der Waals surface area contributed by atoms with Gasteiger partial charge in [-0.2, -0.15) is 15.0 Å². The molecule has 2 aromatic heterocycles. The number of piperidine rings is 1. The summed E-state index contributed by atoms with van der Waals surface area (Å²) in [6.07, 6.45) is 9.44. The molecule has 0 saturated carbocycles. The number of hydrogen-bond acceptors (Lipinski definition) is 10. The Kier molecular flexibility index (Phi) is 6.73. The van der Waals surface area contributed by atoms with Crippen molar-refractivity contribution in [3.05, 3.63) is 35.6 Å². The zero-order chi connectivity index (χ0) is 30.0. The highest BCUT2D eigenvalue weighted by Gasteiger charge is 2.49. The van der Waals surface area contributed by atoms with Gasteiger partial charge in [-0.15, -0.1) is 6.42 Å². The first-order valence-electron chi connectivity index (χ1n) is 15.2. The topological polar surface area (TPSA) is 95.9 Å². The number of ether oxygens (including phenoxy) is 2. The van der Waals surface area contributed by atoms with Crippen LogP contribution in [0.4, 0.5) is 14.6 Å². The summed E-state index contributed by atoms with van der Waals surface area (Å²) in [5.74, 6) is 3.16. The highest BCUT2D eigenvalue weighted by atomic mass is 32.1. The number of aromatic nitrogens is 3. The van der Waals surface area contributed by atoms with Gasteiger partial charge in [0.1, 0.15) is 35.6 Å². The lowest BCUT2D eigenvalue weighted by molar-refractivity contribution is 0.107. The average Bonchev–Trinajstić information content (AvgIpc) is 3.57. The van der Waals surface area contributed by atoms with Gasteiger partial charge in [0.25, 0.3) is 5.19 Å². The first-order chi connectivity index (χ1) is 21.4. The molecule has 9 rings (SSSR count).